The number of nitrogens with one attached hydrogen (secondary N) is 1. The van der Waals surface area contributed by atoms with Crippen LogP contribution in [-0.2, 0) is 21.4 Å². The first kappa shape index (κ1) is 21.2. The van der Waals surface area contributed by atoms with Crippen molar-refractivity contribution in [3.05, 3.63) is 95.6 Å². The maximum atomic E-state index is 13.2. The minimum absolute atomic E-state index is 0.0582. The number of carbonyl (C=O) groups excluding carboxylic acids is 1. The van der Waals surface area contributed by atoms with Crippen LogP contribution in [0.25, 0.3) is 0 Å². The van der Waals surface area contributed by atoms with Crippen LogP contribution in [0, 0.1) is 18.3 Å². The smallest absolute Gasteiger partial charge is 0.243 e. The molecule has 1 N–H and O–H groups in total. The molecule has 3 rings (SSSR count). The highest BCUT2D eigenvalue weighted by Gasteiger charge is 2.27. The largest absolute Gasteiger partial charge is 0.325 e. The van der Waals surface area contributed by atoms with Gasteiger partial charge in [-0.05, 0) is 42.8 Å². The second-order valence-electron chi connectivity index (χ2n) is 6.81. The van der Waals surface area contributed by atoms with Crippen molar-refractivity contribution in [2.45, 2.75) is 18.4 Å². The molecule has 30 heavy (non-hydrogen) atoms. The monoisotopic (exact) mass is 419 g/mol. The minimum atomic E-state index is -3.90. The Labute approximate surface area is 176 Å². The van der Waals surface area contributed by atoms with Crippen molar-refractivity contribution in [2.75, 3.05) is 11.9 Å². The third kappa shape index (κ3) is 5.32. The van der Waals surface area contributed by atoms with E-state index >= 15 is 0 Å². The number of hydrogen-bond donors (Lipinski definition) is 1. The van der Waals surface area contributed by atoms with E-state index in [0.29, 0.717) is 11.3 Å². The Morgan fingerprint density at radius 3 is 2.37 bits per heavy atom. The molecule has 0 aliphatic carbocycles. The maximum Gasteiger partial charge on any atom is 0.243 e. The number of nitrogens with zero attached hydrogens (tertiary/aromatic N) is 2. The molecule has 0 atom stereocenters. The summed E-state index contributed by atoms with van der Waals surface area (Å²) in [6.07, 6.45) is 0. The Morgan fingerprint density at radius 2 is 1.70 bits per heavy atom. The van der Waals surface area contributed by atoms with Crippen molar-refractivity contribution in [1.29, 1.82) is 5.26 Å². The molecule has 0 spiro atoms. The third-order valence-electron chi connectivity index (χ3n) is 4.46. The first-order valence-corrected chi connectivity index (χ1v) is 10.7. The molecule has 7 heteroatoms. The van der Waals surface area contributed by atoms with E-state index in [0.717, 1.165) is 15.4 Å². The first-order valence-electron chi connectivity index (χ1n) is 9.29. The molecule has 0 aliphatic heterocycles. The number of anilines is 1. The Kier molecular flexibility index (Phi) is 6.62. The number of sulfonamides is 1. The van der Waals surface area contributed by atoms with Crippen LogP contribution in [0.3, 0.4) is 0 Å². The molecule has 0 saturated carbocycles. The van der Waals surface area contributed by atoms with Crippen LogP contribution in [0.15, 0.2) is 83.8 Å². The van der Waals surface area contributed by atoms with E-state index in [1.165, 1.54) is 18.2 Å². The lowest BCUT2D eigenvalue weighted by Gasteiger charge is -2.22. The van der Waals surface area contributed by atoms with Crippen molar-refractivity contribution < 1.29 is 13.2 Å². The molecule has 6 nitrogen and oxygen atoms in total. The Balaban J connectivity index is 1.86. The second kappa shape index (κ2) is 9.35. The summed E-state index contributed by atoms with van der Waals surface area (Å²) in [6.45, 7) is 1.57. The SMILES string of the molecule is Cc1ccc(S(=O)(=O)N(CC(=O)Nc2cccc(C#N)c2)Cc2ccccc2)cc1. The van der Waals surface area contributed by atoms with Gasteiger partial charge in [-0.1, -0.05) is 54.1 Å². The summed E-state index contributed by atoms with van der Waals surface area (Å²) in [5.74, 6) is -0.489. The summed E-state index contributed by atoms with van der Waals surface area (Å²) < 4.78 is 27.6. The summed E-state index contributed by atoms with van der Waals surface area (Å²) in [7, 11) is -3.90. The van der Waals surface area contributed by atoms with Gasteiger partial charge in [0, 0.05) is 12.2 Å². The van der Waals surface area contributed by atoms with Gasteiger partial charge in [0.2, 0.25) is 15.9 Å². The normalized spacial score (nSPS) is 11.1. The fourth-order valence-electron chi connectivity index (χ4n) is 2.90. The van der Waals surface area contributed by atoms with E-state index in [1.54, 1.807) is 30.3 Å². The van der Waals surface area contributed by atoms with Crippen LogP contribution < -0.4 is 5.32 Å². The van der Waals surface area contributed by atoms with E-state index in [4.69, 9.17) is 5.26 Å². The van der Waals surface area contributed by atoms with Gasteiger partial charge in [-0.3, -0.25) is 4.79 Å². The van der Waals surface area contributed by atoms with Gasteiger partial charge in [-0.25, -0.2) is 8.42 Å². The third-order valence-corrected chi connectivity index (χ3v) is 6.26. The van der Waals surface area contributed by atoms with E-state index in [1.807, 2.05) is 43.3 Å². The summed E-state index contributed by atoms with van der Waals surface area (Å²) >= 11 is 0. The first-order chi connectivity index (χ1) is 14.4. The predicted octanol–water partition coefficient (Wildman–Crippen LogP) is 3.70. The summed E-state index contributed by atoms with van der Waals surface area (Å²) in [4.78, 5) is 12.8. The van der Waals surface area contributed by atoms with E-state index in [-0.39, 0.29) is 18.0 Å². The molecule has 0 aromatic heterocycles. The summed E-state index contributed by atoms with van der Waals surface area (Å²) in [5, 5.41) is 11.7. The van der Waals surface area contributed by atoms with Gasteiger partial charge in [0.15, 0.2) is 0 Å². The average molecular weight is 420 g/mol. The molecule has 0 saturated heterocycles. The van der Waals surface area contributed by atoms with Gasteiger partial charge in [0.25, 0.3) is 0 Å². The van der Waals surface area contributed by atoms with Gasteiger partial charge in [0.1, 0.15) is 0 Å². The topological polar surface area (TPSA) is 90.3 Å². The molecule has 0 unspecified atom stereocenters. The van der Waals surface area contributed by atoms with Gasteiger partial charge >= 0.3 is 0 Å². The lowest BCUT2D eigenvalue weighted by molar-refractivity contribution is -0.116. The lowest BCUT2D eigenvalue weighted by atomic mass is 10.2. The molecule has 0 fully saturated rings. The van der Waals surface area contributed by atoms with Crippen LogP contribution in [0.1, 0.15) is 16.7 Å². The highest BCUT2D eigenvalue weighted by atomic mass is 32.2. The highest BCUT2D eigenvalue weighted by molar-refractivity contribution is 7.89. The van der Waals surface area contributed by atoms with Crippen LogP contribution >= 0.6 is 0 Å². The Bertz CT molecular complexity index is 1170. The number of carbonyl (C=O) groups is 1. The predicted molar refractivity (Wildman–Crippen MR) is 115 cm³/mol. The van der Waals surface area contributed by atoms with E-state index < -0.39 is 15.9 Å². The molecule has 0 radical (unpaired) electrons. The van der Waals surface area contributed by atoms with E-state index in [9.17, 15) is 13.2 Å². The lowest BCUT2D eigenvalue weighted by Crippen LogP contribution is -2.37. The number of amides is 1. The fourth-order valence-corrected chi connectivity index (χ4v) is 4.28. The molecule has 3 aromatic carbocycles. The van der Waals surface area contributed by atoms with Gasteiger partial charge in [0.05, 0.1) is 23.1 Å². The number of benzene rings is 3. The second-order valence-corrected chi connectivity index (χ2v) is 8.75. The number of rotatable bonds is 7. The quantitative estimate of drug-likeness (QED) is 0.632. The average Bonchev–Trinajstić information content (AvgIpc) is 2.74. The van der Waals surface area contributed by atoms with Gasteiger partial charge in [-0.2, -0.15) is 9.57 Å². The minimum Gasteiger partial charge on any atom is -0.325 e. The maximum absolute atomic E-state index is 13.2. The zero-order chi connectivity index (χ0) is 21.6. The number of aryl methyl sites for hydroxylation is 1. The molecular formula is C23H21N3O3S. The van der Waals surface area contributed by atoms with Crippen molar-refractivity contribution >= 4 is 21.6 Å². The van der Waals surface area contributed by atoms with Gasteiger partial charge < -0.3 is 5.32 Å². The number of hydrogen-bond acceptors (Lipinski definition) is 4. The summed E-state index contributed by atoms with van der Waals surface area (Å²) in [6, 6.07) is 24.1. The molecular weight excluding hydrogens is 398 g/mol. The zero-order valence-electron chi connectivity index (χ0n) is 16.4. The highest BCUT2D eigenvalue weighted by Crippen LogP contribution is 2.19. The standard InChI is InChI=1S/C23H21N3O3S/c1-18-10-12-22(13-11-18)30(28,29)26(16-19-6-3-2-4-7-19)17-23(27)25-21-9-5-8-20(14-21)15-24/h2-14H,16-17H2,1H3,(H,25,27). The van der Waals surface area contributed by atoms with Crippen LogP contribution in [0.5, 0.6) is 0 Å². The number of nitriles is 1. The van der Waals surface area contributed by atoms with Crippen molar-refractivity contribution in [1.82, 2.24) is 4.31 Å². The van der Waals surface area contributed by atoms with Crippen molar-refractivity contribution in [3.8, 4) is 6.07 Å². The molecule has 0 aliphatic rings. The molecule has 152 valence electrons. The van der Waals surface area contributed by atoms with Crippen molar-refractivity contribution in [2.24, 2.45) is 0 Å². The van der Waals surface area contributed by atoms with Crippen molar-refractivity contribution in [3.63, 3.8) is 0 Å². The van der Waals surface area contributed by atoms with Crippen LogP contribution in [0.4, 0.5) is 5.69 Å². The molecule has 0 bridgehead atoms. The van der Waals surface area contributed by atoms with E-state index in [2.05, 4.69) is 5.32 Å². The fraction of sp³-hybridized carbons (Fsp3) is 0.130. The summed E-state index contributed by atoms with van der Waals surface area (Å²) in [5.41, 5.74) is 2.55. The Hall–Kier alpha value is -3.47. The molecule has 3 aromatic rings. The zero-order valence-corrected chi connectivity index (χ0v) is 17.3. The molecule has 0 heterocycles. The van der Waals surface area contributed by atoms with Crippen LogP contribution in [-0.4, -0.2) is 25.2 Å². The van der Waals surface area contributed by atoms with Gasteiger partial charge in [-0.15, -0.1) is 0 Å². The molecule has 1 amide bonds. The Morgan fingerprint density at radius 1 is 1.00 bits per heavy atom. The van der Waals surface area contributed by atoms with Crippen LogP contribution in [0.2, 0.25) is 0 Å².